The quantitative estimate of drug-likeness (QED) is 0.680. The third-order valence-corrected chi connectivity index (χ3v) is 2.43. The monoisotopic (exact) mass is 172 g/mol. The maximum absolute atomic E-state index is 11.3. The van der Waals surface area contributed by atoms with Crippen molar-refractivity contribution >= 4 is 5.91 Å². The average Bonchev–Trinajstić information content (AvgIpc) is 2.52. The summed E-state index contributed by atoms with van der Waals surface area (Å²) in [5.41, 5.74) is 0. The van der Waals surface area contributed by atoms with E-state index in [1.54, 1.807) is 0 Å². The van der Waals surface area contributed by atoms with Gasteiger partial charge in [0, 0.05) is 20.9 Å². The van der Waals surface area contributed by atoms with Gasteiger partial charge in [-0.05, 0) is 25.9 Å². The van der Waals surface area contributed by atoms with Crippen molar-refractivity contribution in [3.8, 4) is 0 Å². The molecule has 0 aromatic carbocycles. The molecule has 1 atom stereocenters. The standard InChI is InChI=1S/C9H18N2O.H2/c1-3-9(12)11-5-4-8(7-11)6-10-2;/h8,10H,3-7H2,1-2H3;1H. The van der Waals surface area contributed by atoms with Crippen molar-refractivity contribution in [3.63, 3.8) is 0 Å². The first-order valence-electron chi connectivity index (χ1n) is 4.70. The van der Waals surface area contributed by atoms with Crippen LogP contribution in [0.2, 0.25) is 0 Å². The van der Waals surface area contributed by atoms with Gasteiger partial charge in [0.15, 0.2) is 0 Å². The first-order chi connectivity index (χ1) is 5.77. The van der Waals surface area contributed by atoms with Crippen molar-refractivity contribution in [3.05, 3.63) is 0 Å². The number of nitrogens with one attached hydrogen (secondary N) is 1. The van der Waals surface area contributed by atoms with E-state index in [-0.39, 0.29) is 1.43 Å². The Morgan fingerprint density at radius 1 is 1.75 bits per heavy atom. The molecule has 0 spiro atoms. The Labute approximate surface area is 75.6 Å². The second-order valence-electron chi connectivity index (χ2n) is 3.41. The van der Waals surface area contributed by atoms with Crippen molar-refractivity contribution in [1.29, 1.82) is 0 Å². The Balaban J connectivity index is 0.00000144. The van der Waals surface area contributed by atoms with E-state index in [2.05, 4.69) is 5.32 Å². The predicted molar refractivity (Wildman–Crippen MR) is 51.0 cm³/mol. The van der Waals surface area contributed by atoms with Crippen molar-refractivity contribution < 1.29 is 6.22 Å². The van der Waals surface area contributed by atoms with Crippen LogP contribution in [-0.2, 0) is 4.79 Å². The van der Waals surface area contributed by atoms with Gasteiger partial charge in [-0.3, -0.25) is 4.79 Å². The number of likely N-dealkylation sites (tertiary alicyclic amines) is 1. The van der Waals surface area contributed by atoms with Crippen molar-refractivity contribution in [2.24, 2.45) is 5.92 Å². The molecule has 12 heavy (non-hydrogen) atoms. The molecule has 0 radical (unpaired) electrons. The van der Waals surface area contributed by atoms with Crippen LogP contribution >= 0.6 is 0 Å². The van der Waals surface area contributed by atoms with Gasteiger partial charge >= 0.3 is 0 Å². The van der Waals surface area contributed by atoms with E-state index < -0.39 is 0 Å². The second kappa shape index (κ2) is 4.45. The molecule has 0 bridgehead atoms. The molecular weight excluding hydrogens is 152 g/mol. The highest BCUT2D eigenvalue weighted by Crippen LogP contribution is 2.15. The van der Waals surface area contributed by atoms with Gasteiger partial charge in [-0.1, -0.05) is 6.92 Å². The molecule has 1 aliphatic heterocycles. The summed E-state index contributed by atoms with van der Waals surface area (Å²) in [4.78, 5) is 13.2. The number of carbonyl (C=O) groups is 1. The summed E-state index contributed by atoms with van der Waals surface area (Å²) >= 11 is 0. The lowest BCUT2D eigenvalue weighted by Gasteiger charge is -2.15. The molecule has 0 aromatic heterocycles. The highest BCUT2D eigenvalue weighted by molar-refractivity contribution is 5.76. The summed E-state index contributed by atoms with van der Waals surface area (Å²) in [6.45, 7) is 4.87. The van der Waals surface area contributed by atoms with Crippen molar-refractivity contribution in [2.45, 2.75) is 19.8 Å². The zero-order valence-electron chi connectivity index (χ0n) is 7.97. The van der Waals surface area contributed by atoms with Gasteiger partial charge in [-0.25, -0.2) is 0 Å². The van der Waals surface area contributed by atoms with Gasteiger partial charge in [0.1, 0.15) is 0 Å². The first-order valence-corrected chi connectivity index (χ1v) is 4.70. The molecule has 3 nitrogen and oxygen atoms in total. The summed E-state index contributed by atoms with van der Waals surface area (Å²) in [6.07, 6.45) is 1.80. The number of nitrogens with zero attached hydrogens (tertiary/aromatic N) is 1. The third kappa shape index (κ3) is 2.21. The second-order valence-corrected chi connectivity index (χ2v) is 3.41. The van der Waals surface area contributed by atoms with E-state index in [9.17, 15) is 4.79 Å². The number of carbonyl (C=O) groups excluding carboxylic acids is 1. The van der Waals surface area contributed by atoms with Gasteiger partial charge in [0.25, 0.3) is 0 Å². The van der Waals surface area contributed by atoms with Crippen LogP contribution in [-0.4, -0.2) is 37.5 Å². The fourth-order valence-corrected chi connectivity index (χ4v) is 1.74. The summed E-state index contributed by atoms with van der Waals surface area (Å²) in [5, 5.41) is 3.15. The molecule has 1 unspecified atom stereocenters. The smallest absolute Gasteiger partial charge is 0.222 e. The Hall–Kier alpha value is -0.570. The largest absolute Gasteiger partial charge is 0.342 e. The lowest BCUT2D eigenvalue weighted by molar-refractivity contribution is -0.129. The molecule has 0 aliphatic carbocycles. The zero-order valence-corrected chi connectivity index (χ0v) is 7.97. The minimum atomic E-state index is 0. The van der Waals surface area contributed by atoms with Crippen LogP contribution in [0.4, 0.5) is 0 Å². The molecule has 1 amide bonds. The molecule has 1 heterocycles. The molecule has 0 saturated carbocycles. The molecule has 1 rings (SSSR count). The number of amides is 1. The molecule has 3 heteroatoms. The van der Waals surface area contributed by atoms with E-state index in [1.165, 1.54) is 0 Å². The first kappa shape index (κ1) is 9.52. The minimum Gasteiger partial charge on any atom is -0.342 e. The summed E-state index contributed by atoms with van der Waals surface area (Å²) in [5.74, 6) is 0.971. The van der Waals surface area contributed by atoms with Crippen LogP contribution in [0.1, 0.15) is 21.2 Å². The molecule has 1 saturated heterocycles. The van der Waals surface area contributed by atoms with E-state index in [1.807, 2.05) is 18.9 Å². The molecule has 0 aromatic rings. The number of hydrogen-bond acceptors (Lipinski definition) is 2. The lowest BCUT2D eigenvalue weighted by Crippen LogP contribution is -2.29. The number of rotatable bonds is 3. The van der Waals surface area contributed by atoms with Crippen LogP contribution in [0, 0.1) is 5.92 Å². The normalized spacial score (nSPS) is 23.2. The van der Waals surface area contributed by atoms with Gasteiger partial charge in [0.05, 0.1) is 0 Å². The van der Waals surface area contributed by atoms with Crippen molar-refractivity contribution in [1.82, 2.24) is 10.2 Å². The average molecular weight is 172 g/mol. The van der Waals surface area contributed by atoms with Gasteiger partial charge < -0.3 is 10.2 Å². The molecular formula is C9H20N2O. The van der Waals surface area contributed by atoms with Gasteiger partial charge in [-0.2, -0.15) is 0 Å². The summed E-state index contributed by atoms with van der Waals surface area (Å²) < 4.78 is 0. The molecule has 72 valence electrons. The van der Waals surface area contributed by atoms with Gasteiger partial charge in [0.2, 0.25) is 5.91 Å². The Kier molecular flexibility index (Phi) is 3.53. The fourth-order valence-electron chi connectivity index (χ4n) is 1.74. The fraction of sp³-hybridized carbons (Fsp3) is 0.889. The maximum Gasteiger partial charge on any atom is 0.222 e. The topological polar surface area (TPSA) is 32.3 Å². The highest BCUT2D eigenvalue weighted by atomic mass is 16.2. The summed E-state index contributed by atoms with van der Waals surface area (Å²) in [7, 11) is 1.96. The van der Waals surface area contributed by atoms with Crippen LogP contribution in [0.15, 0.2) is 0 Å². The van der Waals surface area contributed by atoms with Gasteiger partial charge in [-0.15, -0.1) is 0 Å². The van der Waals surface area contributed by atoms with Crippen LogP contribution in [0.25, 0.3) is 0 Å². The Morgan fingerprint density at radius 2 is 2.50 bits per heavy atom. The Bertz CT molecular complexity index is 164. The maximum atomic E-state index is 11.3. The third-order valence-electron chi connectivity index (χ3n) is 2.43. The van der Waals surface area contributed by atoms with Crippen molar-refractivity contribution in [2.75, 3.05) is 26.7 Å². The lowest BCUT2D eigenvalue weighted by atomic mass is 10.1. The Morgan fingerprint density at radius 3 is 3.08 bits per heavy atom. The van der Waals surface area contributed by atoms with Crippen LogP contribution in [0.3, 0.4) is 0 Å². The summed E-state index contributed by atoms with van der Waals surface area (Å²) in [6, 6.07) is 0. The number of hydrogen-bond donors (Lipinski definition) is 1. The highest BCUT2D eigenvalue weighted by Gasteiger charge is 2.24. The molecule has 1 aliphatic rings. The van der Waals surface area contributed by atoms with Crippen LogP contribution < -0.4 is 5.32 Å². The minimum absolute atomic E-state index is 0. The van der Waals surface area contributed by atoms with Crippen LogP contribution in [0.5, 0.6) is 0 Å². The van der Waals surface area contributed by atoms with E-state index in [4.69, 9.17) is 0 Å². The SMILES string of the molecule is CCC(=O)N1CCC(CNC)C1.[HH]. The predicted octanol–water partition coefficient (Wildman–Crippen LogP) is 0.710. The van der Waals surface area contributed by atoms with E-state index in [0.717, 1.165) is 26.1 Å². The van der Waals surface area contributed by atoms with E-state index >= 15 is 0 Å². The van der Waals surface area contributed by atoms with E-state index in [0.29, 0.717) is 18.2 Å². The molecule has 1 N–H and O–H groups in total. The molecule has 1 fully saturated rings. The zero-order chi connectivity index (χ0) is 8.97.